The van der Waals surface area contributed by atoms with Crippen molar-refractivity contribution in [2.75, 3.05) is 18.0 Å². The molecule has 0 aliphatic carbocycles. The molecule has 1 N–H and O–H groups in total. The van der Waals surface area contributed by atoms with E-state index < -0.39 is 0 Å². The topological polar surface area (TPSA) is 28.2 Å². The van der Waals surface area contributed by atoms with Gasteiger partial charge in [0.1, 0.15) is 5.82 Å². The van der Waals surface area contributed by atoms with Gasteiger partial charge in [-0.3, -0.25) is 0 Å². The van der Waals surface area contributed by atoms with Gasteiger partial charge in [-0.1, -0.05) is 13.8 Å². The number of rotatable bonds is 3. The third kappa shape index (κ3) is 2.80. The van der Waals surface area contributed by atoms with Crippen molar-refractivity contribution in [1.29, 1.82) is 0 Å². The van der Waals surface area contributed by atoms with Gasteiger partial charge < -0.3 is 10.2 Å². The molecule has 2 unspecified atom stereocenters. The maximum atomic E-state index is 4.52. The van der Waals surface area contributed by atoms with E-state index >= 15 is 0 Å². The molecule has 3 nitrogen and oxygen atoms in total. The van der Waals surface area contributed by atoms with E-state index in [4.69, 9.17) is 0 Å². The first-order chi connectivity index (χ1) is 8.26. The molecule has 17 heavy (non-hydrogen) atoms. The number of pyridine rings is 1. The zero-order valence-corrected chi connectivity index (χ0v) is 12.1. The Morgan fingerprint density at radius 1 is 1.47 bits per heavy atom. The molecule has 0 saturated carbocycles. The van der Waals surface area contributed by atoms with E-state index in [0.29, 0.717) is 12.1 Å². The lowest BCUT2D eigenvalue weighted by Crippen LogP contribution is -2.56. The van der Waals surface area contributed by atoms with E-state index in [0.717, 1.165) is 36.2 Å². The van der Waals surface area contributed by atoms with Crippen molar-refractivity contribution < 1.29 is 0 Å². The van der Waals surface area contributed by atoms with Crippen molar-refractivity contribution in [2.45, 2.75) is 38.8 Å². The van der Waals surface area contributed by atoms with Crippen molar-refractivity contribution in [1.82, 2.24) is 10.3 Å². The maximum Gasteiger partial charge on any atom is 0.143 e. The molecule has 1 fully saturated rings. The summed E-state index contributed by atoms with van der Waals surface area (Å²) in [4.78, 5) is 6.96. The third-order valence-corrected chi connectivity index (χ3v) is 4.09. The summed E-state index contributed by atoms with van der Waals surface area (Å²) >= 11 is 3.61. The van der Waals surface area contributed by atoms with E-state index in [1.807, 2.05) is 12.3 Å². The Morgan fingerprint density at radius 3 is 2.94 bits per heavy atom. The molecule has 0 bridgehead atoms. The van der Waals surface area contributed by atoms with Crippen LogP contribution in [0.5, 0.6) is 0 Å². The number of piperazine rings is 1. The minimum Gasteiger partial charge on any atom is -0.350 e. The highest BCUT2D eigenvalue weighted by molar-refractivity contribution is 9.10. The van der Waals surface area contributed by atoms with Crippen molar-refractivity contribution in [3.8, 4) is 0 Å². The van der Waals surface area contributed by atoms with Crippen LogP contribution >= 0.6 is 15.9 Å². The van der Waals surface area contributed by atoms with E-state index in [-0.39, 0.29) is 0 Å². The lowest BCUT2D eigenvalue weighted by atomic mass is 10.1. The van der Waals surface area contributed by atoms with Crippen LogP contribution in [-0.4, -0.2) is 30.2 Å². The summed E-state index contributed by atoms with van der Waals surface area (Å²) in [7, 11) is 0. The minimum atomic E-state index is 0.545. The van der Waals surface area contributed by atoms with Gasteiger partial charge in [-0.2, -0.15) is 0 Å². The largest absolute Gasteiger partial charge is 0.350 e. The molecule has 1 aromatic rings. The highest BCUT2D eigenvalue weighted by Crippen LogP contribution is 2.27. The molecule has 0 spiro atoms. The van der Waals surface area contributed by atoms with Gasteiger partial charge in [-0.05, 0) is 40.9 Å². The molecule has 4 heteroatoms. The summed E-state index contributed by atoms with van der Waals surface area (Å²) in [6.45, 7) is 6.57. The highest BCUT2D eigenvalue weighted by Gasteiger charge is 2.27. The summed E-state index contributed by atoms with van der Waals surface area (Å²) < 4.78 is 1.09. The molecular weight excluding hydrogens is 278 g/mol. The lowest BCUT2D eigenvalue weighted by Gasteiger charge is -2.41. The molecule has 0 aromatic carbocycles. The second-order valence-corrected chi connectivity index (χ2v) is 5.39. The number of nitrogens with one attached hydrogen (secondary N) is 1. The molecule has 1 aromatic heterocycles. The van der Waals surface area contributed by atoms with Crippen LogP contribution in [0.25, 0.3) is 0 Å². The van der Waals surface area contributed by atoms with Crippen LogP contribution < -0.4 is 10.2 Å². The zero-order valence-electron chi connectivity index (χ0n) is 10.5. The Morgan fingerprint density at radius 2 is 2.29 bits per heavy atom. The summed E-state index contributed by atoms with van der Waals surface area (Å²) in [6, 6.07) is 5.15. The van der Waals surface area contributed by atoms with Crippen LogP contribution in [-0.2, 0) is 0 Å². The Bertz CT molecular complexity index is 369. The molecule has 0 amide bonds. The molecule has 2 atom stereocenters. The monoisotopic (exact) mass is 297 g/mol. The van der Waals surface area contributed by atoms with E-state index in [9.17, 15) is 0 Å². The Kier molecular flexibility index (Phi) is 4.40. The van der Waals surface area contributed by atoms with Crippen LogP contribution in [0.2, 0.25) is 0 Å². The average molecular weight is 298 g/mol. The predicted octanol–water partition coefficient (Wildman–Crippen LogP) is 2.81. The smallest absolute Gasteiger partial charge is 0.143 e. The first-order valence-electron chi connectivity index (χ1n) is 6.36. The summed E-state index contributed by atoms with van der Waals surface area (Å²) in [5, 5.41) is 3.60. The Labute approximate surface area is 112 Å². The highest BCUT2D eigenvalue weighted by atomic mass is 79.9. The molecule has 94 valence electrons. The molecule has 2 rings (SSSR count). The standard InChI is InChI=1S/C13H20BrN3/c1-3-10-9-17(11(4-2)8-16-10)13-12(14)6-5-7-15-13/h5-7,10-11,16H,3-4,8-9H2,1-2H3. The molecule has 1 saturated heterocycles. The quantitative estimate of drug-likeness (QED) is 0.930. The molecule has 2 heterocycles. The minimum absolute atomic E-state index is 0.545. The van der Waals surface area contributed by atoms with Gasteiger partial charge in [-0.15, -0.1) is 0 Å². The second kappa shape index (κ2) is 5.83. The Hall–Kier alpha value is -0.610. The fraction of sp³-hybridized carbons (Fsp3) is 0.615. The third-order valence-electron chi connectivity index (χ3n) is 3.48. The zero-order chi connectivity index (χ0) is 12.3. The van der Waals surface area contributed by atoms with E-state index in [1.54, 1.807) is 0 Å². The van der Waals surface area contributed by atoms with Crippen molar-refractivity contribution in [3.63, 3.8) is 0 Å². The Balaban J connectivity index is 2.23. The maximum absolute atomic E-state index is 4.52. The van der Waals surface area contributed by atoms with Gasteiger partial charge in [0.15, 0.2) is 0 Å². The number of halogens is 1. The van der Waals surface area contributed by atoms with Crippen LogP contribution in [0.1, 0.15) is 26.7 Å². The average Bonchev–Trinajstić information content (AvgIpc) is 2.38. The number of nitrogens with zero attached hydrogens (tertiary/aromatic N) is 2. The van der Waals surface area contributed by atoms with Gasteiger partial charge in [0.05, 0.1) is 4.47 Å². The van der Waals surface area contributed by atoms with Crippen LogP contribution in [0.15, 0.2) is 22.8 Å². The predicted molar refractivity (Wildman–Crippen MR) is 75.4 cm³/mol. The van der Waals surface area contributed by atoms with Gasteiger partial charge in [0, 0.05) is 31.4 Å². The van der Waals surface area contributed by atoms with E-state index in [2.05, 4.69) is 51.0 Å². The van der Waals surface area contributed by atoms with Crippen molar-refractivity contribution in [3.05, 3.63) is 22.8 Å². The number of anilines is 1. The van der Waals surface area contributed by atoms with Crippen molar-refractivity contribution >= 4 is 21.7 Å². The molecule has 0 radical (unpaired) electrons. The van der Waals surface area contributed by atoms with Gasteiger partial charge in [-0.25, -0.2) is 4.98 Å². The summed E-state index contributed by atoms with van der Waals surface area (Å²) in [5.41, 5.74) is 0. The van der Waals surface area contributed by atoms with Gasteiger partial charge in [0.2, 0.25) is 0 Å². The normalized spacial score (nSPS) is 25.0. The summed E-state index contributed by atoms with van der Waals surface area (Å²) in [5.74, 6) is 1.08. The number of hydrogen-bond donors (Lipinski definition) is 1. The van der Waals surface area contributed by atoms with Gasteiger partial charge in [0.25, 0.3) is 0 Å². The number of hydrogen-bond acceptors (Lipinski definition) is 3. The summed E-state index contributed by atoms with van der Waals surface area (Å²) in [6.07, 6.45) is 4.18. The molecule has 1 aliphatic heterocycles. The van der Waals surface area contributed by atoms with Crippen LogP contribution in [0.3, 0.4) is 0 Å². The van der Waals surface area contributed by atoms with Crippen LogP contribution in [0, 0.1) is 0 Å². The molecule has 1 aliphatic rings. The SMILES string of the molecule is CCC1CN(c2ncccc2Br)C(CC)CN1. The fourth-order valence-electron chi connectivity index (χ4n) is 2.35. The molecular formula is C13H20BrN3. The van der Waals surface area contributed by atoms with Gasteiger partial charge >= 0.3 is 0 Å². The first-order valence-corrected chi connectivity index (χ1v) is 7.16. The number of aromatic nitrogens is 1. The fourth-order valence-corrected chi connectivity index (χ4v) is 2.83. The van der Waals surface area contributed by atoms with Crippen LogP contribution in [0.4, 0.5) is 5.82 Å². The second-order valence-electron chi connectivity index (χ2n) is 4.54. The van der Waals surface area contributed by atoms with E-state index in [1.165, 1.54) is 0 Å². The first kappa shape index (κ1) is 12.8. The van der Waals surface area contributed by atoms with Crippen molar-refractivity contribution in [2.24, 2.45) is 0 Å². The lowest BCUT2D eigenvalue weighted by molar-refractivity contribution is 0.376.